The summed E-state index contributed by atoms with van der Waals surface area (Å²) in [6.07, 6.45) is 0. The molecule has 0 spiro atoms. The van der Waals surface area contributed by atoms with Gasteiger partial charge in [-0.05, 0) is 25.5 Å². The first-order valence-electron chi connectivity index (χ1n) is 5.73. The Morgan fingerprint density at radius 3 is 2.81 bits per heavy atom. The van der Waals surface area contributed by atoms with Crippen LogP contribution in [-0.2, 0) is 4.79 Å². The van der Waals surface area contributed by atoms with Crippen LogP contribution in [0.4, 0.5) is 5.69 Å². The van der Waals surface area contributed by atoms with Crippen LogP contribution in [0.3, 0.4) is 0 Å². The number of hydrogen-bond donors (Lipinski definition) is 1. The molecule has 1 aromatic rings. The summed E-state index contributed by atoms with van der Waals surface area (Å²) in [5.41, 5.74) is 7.78. The lowest BCUT2D eigenvalue weighted by molar-refractivity contribution is -0.118. The standard InChI is InChI=1S/C13H18N2O/c1-9(2)15-8-11(13(16)7-14)10-5-3-4-6-12(10)15/h3-6,9,11H,7-8,14H2,1-2H3. The number of para-hydroxylation sites is 1. The van der Waals surface area contributed by atoms with Gasteiger partial charge >= 0.3 is 0 Å². The first kappa shape index (κ1) is 11.1. The van der Waals surface area contributed by atoms with Gasteiger partial charge in [0, 0.05) is 18.3 Å². The molecule has 1 heterocycles. The highest BCUT2D eigenvalue weighted by Crippen LogP contribution is 2.37. The highest BCUT2D eigenvalue weighted by molar-refractivity contribution is 5.91. The molecule has 3 heteroatoms. The summed E-state index contributed by atoms with van der Waals surface area (Å²) in [7, 11) is 0. The maximum atomic E-state index is 11.8. The minimum Gasteiger partial charge on any atom is -0.368 e. The van der Waals surface area contributed by atoms with E-state index in [2.05, 4.69) is 24.8 Å². The average Bonchev–Trinajstić information content (AvgIpc) is 2.67. The van der Waals surface area contributed by atoms with E-state index in [1.54, 1.807) is 0 Å². The van der Waals surface area contributed by atoms with E-state index in [-0.39, 0.29) is 18.2 Å². The van der Waals surface area contributed by atoms with E-state index in [4.69, 9.17) is 5.73 Å². The Kier molecular flexibility index (Phi) is 2.97. The third-order valence-corrected chi connectivity index (χ3v) is 3.21. The van der Waals surface area contributed by atoms with Crippen molar-refractivity contribution in [1.29, 1.82) is 0 Å². The summed E-state index contributed by atoms with van der Waals surface area (Å²) in [5.74, 6) is 0.0965. The lowest BCUT2D eigenvalue weighted by Gasteiger charge is -2.24. The van der Waals surface area contributed by atoms with Gasteiger partial charge in [-0.25, -0.2) is 0 Å². The Morgan fingerprint density at radius 1 is 1.50 bits per heavy atom. The second-order valence-corrected chi connectivity index (χ2v) is 4.53. The van der Waals surface area contributed by atoms with E-state index in [0.29, 0.717) is 6.04 Å². The van der Waals surface area contributed by atoms with E-state index in [0.717, 1.165) is 12.1 Å². The molecule has 1 atom stereocenters. The fourth-order valence-electron chi connectivity index (χ4n) is 2.34. The zero-order valence-corrected chi connectivity index (χ0v) is 9.81. The van der Waals surface area contributed by atoms with Crippen LogP contribution in [0.15, 0.2) is 24.3 Å². The summed E-state index contributed by atoms with van der Waals surface area (Å²) >= 11 is 0. The maximum absolute atomic E-state index is 11.8. The van der Waals surface area contributed by atoms with Gasteiger partial charge in [0.15, 0.2) is 5.78 Å². The molecule has 1 unspecified atom stereocenters. The highest BCUT2D eigenvalue weighted by Gasteiger charge is 2.33. The second kappa shape index (κ2) is 4.26. The molecule has 0 bridgehead atoms. The molecular weight excluding hydrogens is 200 g/mol. The molecule has 0 aliphatic carbocycles. The average molecular weight is 218 g/mol. The fraction of sp³-hybridized carbons (Fsp3) is 0.462. The Labute approximate surface area is 96.2 Å². The van der Waals surface area contributed by atoms with Crippen LogP contribution in [0.25, 0.3) is 0 Å². The van der Waals surface area contributed by atoms with Crippen LogP contribution in [0.5, 0.6) is 0 Å². The van der Waals surface area contributed by atoms with Crippen molar-refractivity contribution in [3.63, 3.8) is 0 Å². The normalized spacial score (nSPS) is 19.0. The molecule has 0 saturated heterocycles. The van der Waals surface area contributed by atoms with Gasteiger partial charge in [0.25, 0.3) is 0 Å². The molecule has 0 aromatic heterocycles. The molecular formula is C13H18N2O. The van der Waals surface area contributed by atoms with Gasteiger partial charge in [-0.1, -0.05) is 18.2 Å². The number of benzene rings is 1. The number of carbonyl (C=O) groups is 1. The first-order chi connectivity index (χ1) is 7.65. The van der Waals surface area contributed by atoms with Gasteiger partial charge in [0.05, 0.1) is 12.5 Å². The monoisotopic (exact) mass is 218 g/mol. The Balaban J connectivity index is 2.39. The number of fused-ring (bicyclic) bond motifs is 1. The number of nitrogens with two attached hydrogens (primary N) is 1. The van der Waals surface area contributed by atoms with Gasteiger partial charge in [-0.15, -0.1) is 0 Å². The topological polar surface area (TPSA) is 46.3 Å². The minimum absolute atomic E-state index is 0.0383. The molecule has 1 aromatic carbocycles. The lowest BCUT2D eigenvalue weighted by atomic mass is 9.97. The molecule has 0 fully saturated rings. The van der Waals surface area contributed by atoms with E-state index < -0.39 is 0 Å². The third-order valence-electron chi connectivity index (χ3n) is 3.21. The van der Waals surface area contributed by atoms with E-state index >= 15 is 0 Å². The summed E-state index contributed by atoms with van der Waals surface area (Å²) in [4.78, 5) is 14.1. The Hall–Kier alpha value is -1.35. The van der Waals surface area contributed by atoms with Crippen molar-refractivity contribution >= 4 is 11.5 Å². The maximum Gasteiger partial charge on any atom is 0.155 e. The number of Topliss-reactive ketones (excluding diaryl/α,β-unsaturated/α-hetero) is 1. The zero-order chi connectivity index (χ0) is 11.7. The van der Waals surface area contributed by atoms with Crippen molar-refractivity contribution < 1.29 is 4.79 Å². The quantitative estimate of drug-likeness (QED) is 0.836. The number of ketones is 1. The molecule has 3 nitrogen and oxygen atoms in total. The summed E-state index contributed by atoms with van der Waals surface area (Å²) in [5, 5.41) is 0. The molecule has 1 aliphatic heterocycles. The fourth-order valence-corrected chi connectivity index (χ4v) is 2.34. The first-order valence-corrected chi connectivity index (χ1v) is 5.73. The molecule has 16 heavy (non-hydrogen) atoms. The van der Waals surface area contributed by atoms with Crippen molar-refractivity contribution in [1.82, 2.24) is 0 Å². The van der Waals surface area contributed by atoms with Crippen LogP contribution in [-0.4, -0.2) is 24.9 Å². The van der Waals surface area contributed by atoms with Gasteiger partial charge in [0.2, 0.25) is 0 Å². The van der Waals surface area contributed by atoms with Crippen LogP contribution < -0.4 is 10.6 Å². The zero-order valence-electron chi connectivity index (χ0n) is 9.81. The SMILES string of the molecule is CC(C)N1CC(C(=O)CN)c2ccccc21. The molecule has 86 valence electrons. The van der Waals surface area contributed by atoms with Crippen LogP contribution in [0, 0.1) is 0 Å². The van der Waals surface area contributed by atoms with Crippen LogP contribution in [0.1, 0.15) is 25.3 Å². The van der Waals surface area contributed by atoms with E-state index in [1.165, 1.54) is 5.69 Å². The minimum atomic E-state index is -0.0383. The van der Waals surface area contributed by atoms with Crippen molar-refractivity contribution in [2.45, 2.75) is 25.8 Å². The second-order valence-electron chi connectivity index (χ2n) is 4.53. The van der Waals surface area contributed by atoms with E-state index in [1.807, 2.05) is 18.2 Å². The smallest absolute Gasteiger partial charge is 0.155 e. The number of anilines is 1. The van der Waals surface area contributed by atoms with Crippen molar-refractivity contribution in [3.05, 3.63) is 29.8 Å². The molecule has 0 saturated carbocycles. The molecule has 2 N–H and O–H groups in total. The van der Waals surface area contributed by atoms with Crippen molar-refractivity contribution in [2.75, 3.05) is 18.0 Å². The van der Waals surface area contributed by atoms with Crippen molar-refractivity contribution in [2.24, 2.45) is 5.73 Å². The number of rotatable bonds is 3. The molecule has 0 radical (unpaired) electrons. The highest BCUT2D eigenvalue weighted by atomic mass is 16.1. The summed E-state index contributed by atoms with van der Waals surface area (Å²) in [6.45, 7) is 5.19. The van der Waals surface area contributed by atoms with Crippen LogP contribution >= 0.6 is 0 Å². The van der Waals surface area contributed by atoms with Gasteiger partial charge < -0.3 is 10.6 Å². The third kappa shape index (κ3) is 1.71. The predicted molar refractivity (Wildman–Crippen MR) is 65.7 cm³/mol. The Morgan fingerprint density at radius 2 is 2.19 bits per heavy atom. The lowest BCUT2D eigenvalue weighted by Crippen LogP contribution is -2.32. The van der Waals surface area contributed by atoms with E-state index in [9.17, 15) is 4.79 Å². The van der Waals surface area contributed by atoms with Gasteiger partial charge in [0.1, 0.15) is 0 Å². The van der Waals surface area contributed by atoms with Crippen LogP contribution in [0.2, 0.25) is 0 Å². The van der Waals surface area contributed by atoms with Gasteiger partial charge in [-0.2, -0.15) is 0 Å². The summed E-state index contributed by atoms with van der Waals surface area (Å²) in [6, 6.07) is 8.54. The predicted octanol–water partition coefficient (Wildman–Crippen LogP) is 1.53. The molecule has 1 aliphatic rings. The summed E-state index contributed by atoms with van der Waals surface area (Å²) < 4.78 is 0. The van der Waals surface area contributed by atoms with Gasteiger partial charge in [-0.3, -0.25) is 4.79 Å². The number of nitrogens with zero attached hydrogens (tertiary/aromatic N) is 1. The molecule has 0 amide bonds. The number of carbonyl (C=O) groups excluding carboxylic acids is 1. The largest absolute Gasteiger partial charge is 0.368 e. The molecule has 2 rings (SSSR count). The van der Waals surface area contributed by atoms with Crippen molar-refractivity contribution in [3.8, 4) is 0 Å². The number of hydrogen-bond acceptors (Lipinski definition) is 3. The Bertz CT molecular complexity index is 401.